The first-order valence-electron chi connectivity index (χ1n) is 7.34. The lowest BCUT2D eigenvalue weighted by atomic mass is 10.1. The maximum Gasteiger partial charge on any atom is 0.294 e. The van der Waals surface area contributed by atoms with Crippen molar-refractivity contribution in [1.29, 1.82) is 0 Å². The fraction of sp³-hybridized carbons (Fsp3) is 0.0588. The Bertz CT molecular complexity index is 908. The molecule has 1 aromatic heterocycles. The van der Waals surface area contributed by atoms with Crippen LogP contribution in [-0.4, -0.2) is 20.4 Å². The van der Waals surface area contributed by atoms with Crippen molar-refractivity contribution in [3.8, 4) is 5.69 Å². The second kappa shape index (κ2) is 6.91. The van der Waals surface area contributed by atoms with Crippen LogP contribution in [0.4, 0.5) is 10.1 Å². The van der Waals surface area contributed by atoms with Crippen LogP contribution >= 0.6 is 0 Å². The van der Waals surface area contributed by atoms with Gasteiger partial charge in [0.05, 0.1) is 11.3 Å². The highest BCUT2D eigenvalue weighted by Crippen LogP contribution is 2.24. The number of nitrogens with zero attached hydrogens (tertiary/aromatic N) is 3. The first kappa shape index (κ1) is 16.3. The van der Waals surface area contributed by atoms with Gasteiger partial charge >= 0.3 is 0 Å². The van der Waals surface area contributed by atoms with Crippen LogP contribution < -0.4 is 5.32 Å². The lowest BCUT2D eigenvalue weighted by Crippen LogP contribution is -2.23. The van der Waals surface area contributed by atoms with E-state index in [0.29, 0.717) is 5.69 Å². The van der Waals surface area contributed by atoms with E-state index >= 15 is 0 Å². The number of aromatic nitrogens is 2. The van der Waals surface area contributed by atoms with Crippen molar-refractivity contribution >= 4 is 11.6 Å². The lowest BCUT2D eigenvalue weighted by Gasteiger charge is -2.08. The SMILES string of the molecule is O=C(NCc1ccc(F)cc1)c1ccc(-n2ccnc2)c([N+](=O)[O-])c1. The Balaban J connectivity index is 1.79. The Morgan fingerprint density at radius 3 is 2.64 bits per heavy atom. The second-order valence-corrected chi connectivity index (χ2v) is 5.24. The van der Waals surface area contributed by atoms with E-state index < -0.39 is 10.8 Å². The Labute approximate surface area is 141 Å². The summed E-state index contributed by atoms with van der Waals surface area (Å²) in [5.41, 5.74) is 1.00. The lowest BCUT2D eigenvalue weighted by molar-refractivity contribution is -0.384. The van der Waals surface area contributed by atoms with Crippen molar-refractivity contribution in [3.05, 3.63) is 88.2 Å². The molecule has 0 aliphatic carbocycles. The largest absolute Gasteiger partial charge is 0.348 e. The van der Waals surface area contributed by atoms with Crippen LogP contribution in [0.25, 0.3) is 5.69 Å². The standard InChI is InChI=1S/C17H13FN4O3/c18-14-4-1-12(2-5-14)10-20-17(23)13-3-6-15(16(9-13)22(24)25)21-8-7-19-11-21/h1-9,11H,10H2,(H,20,23). The van der Waals surface area contributed by atoms with Gasteiger partial charge in [0.15, 0.2) is 0 Å². The number of nitrogens with one attached hydrogen (secondary N) is 1. The van der Waals surface area contributed by atoms with Crippen molar-refractivity contribution in [2.45, 2.75) is 6.54 Å². The maximum absolute atomic E-state index is 12.9. The van der Waals surface area contributed by atoms with Crippen LogP contribution in [0.5, 0.6) is 0 Å². The van der Waals surface area contributed by atoms with Gasteiger partial charge in [0.25, 0.3) is 11.6 Å². The van der Waals surface area contributed by atoms with Crippen molar-refractivity contribution in [2.75, 3.05) is 0 Å². The van der Waals surface area contributed by atoms with Crippen molar-refractivity contribution in [1.82, 2.24) is 14.9 Å². The Morgan fingerprint density at radius 2 is 2.00 bits per heavy atom. The van der Waals surface area contributed by atoms with Crippen molar-refractivity contribution in [3.63, 3.8) is 0 Å². The minimum atomic E-state index is -0.550. The predicted octanol–water partition coefficient (Wildman–Crippen LogP) is 2.85. The normalized spacial score (nSPS) is 10.4. The van der Waals surface area contributed by atoms with Gasteiger partial charge < -0.3 is 9.88 Å². The fourth-order valence-electron chi connectivity index (χ4n) is 2.32. The van der Waals surface area contributed by atoms with Crippen LogP contribution in [0, 0.1) is 15.9 Å². The Kier molecular flexibility index (Phi) is 4.51. The summed E-state index contributed by atoms with van der Waals surface area (Å²) >= 11 is 0. The van der Waals surface area contributed by atoms with Crippen LogP contribution in [0.3, 0.4) is 0 Å². The summed E-state index contributed by atoms with van der Waals surface area (Å²) < 4.78 is 14.4. The number of amides is 1. The van der Waals surface area contributed by atoms with Gasteiger partial charge in [-0.05, 0) is 29.8 Å². The number of hydrogen-bond acceptors (Lipinski definition) is 4. The predicted molar refractivity (Wildman–Crippen MR) is 87.8 cm³/mol. The van der Waals surface area contributed by atoms with Gasteiger partial charge in [-0.2, -0.15) is 0 Å². The van der Waals surface area contributed by atoms with Gasteiger partial charge in [0, 0.05) is 30.6 Å². The van der Waals surface area contributed by atoms with Gasteiger partial charge in [0.2, 0.25) is 0 Å². The fourth-order valence-corrected chi connectivity index (χ4v) is 2.32. The van der Waals surface area contributed by atoms with Gasteiger partial charge in [-0.3, -0.25) is 14.9 Å². The summed E-state index contributed by atoms with van der Waals surface area (Å²) in [6, 6.07) is 9.92. The summed E-state index contributed by atoms with van der Waals surface area (Å²) in [5.74, 6) is -0.814. The molecule has 0 radical (unpaired) electrons. The monoisotopic (exact) mass is 340 g/mol. The molecule has 1 amide bonds. The van der Waals surface area contributed by atoms with Crippen LogP contribution in [0.1, 0.15) is 15.9 Å². The molecule has 1 heterocycles. The third-order valence-corrected chi connectivity index (χ3v) is 3.58. The zero-order valence-corrected chi connectivity index (χ0v) is 12.9. The molecule has 0 unspecified atom stereocenters. The summed E-state index contributed by atoms with van der Waals surface area (Å²) in [7, 11) is 0. The molecule has 0 spiro atoms. The van der Waals surface area contributed by atoms with E-state index in [1.165, 1.54) is 47.4 Å². The molecule has 0 fully saturated rings. The first-order valence-corrected chi connectivity index (χ1v) is 7.34. The van der Waals surface area contributed by atoms with E-state index in [-0.39, 0.29) is 23.6 Å². The number of benzene rings is 2. The van der Waals surface area contributed by atoms with Gasteiger partial charge in [0.1, 0.15) is 11.5 Å². The highest BCUT2D eigenvalue weighted by atomic mass is 19.1. The van der Waals surface area contributed by atoms with E-state index in [1.807, 2.05) is 0 Å². The molecule has 0 aliphatic rings. The number of rotatable bonds is 5. The average molecular weight is 340 g/mol. The molecule has 7 nitrogen and oxygen atoms in total. The quantitative estimate of drug-likeness (QED) is 0.571. The van der Waals surface area contributed by atoms with Crippen LogP contribution in [0.2, 0.25) is 0 Å². The molecular formula is C17H13FN4O3. The van der Waals surface area contributed by atoms with Gasteiger partial charge in [-0.15, -0.1) is 0 Å². The molecule has 0 bridgehead atoms. The highest BCUT2D eigenvalue weighted by Gasteiger charge is 2.18. The van der Waals surface area contributed by atoms with E-state index in [0.717, 1.165) is 5.56 Å². The molecule has 25 heavy (non-hydrogen) atoms. The topological polar surface area (TPSA) is 90.1 Å². The third-order valence-electron chi connectivity index (χ3n) is 3.58. The number of nitro groups is 1. The number of carbonyl (C=O) groups is 1. The minimum Gasteiger partial charge on any atom is -0.348 e. The molecule has 2 aromatic carbocycles. The first-order chi connectivity index (χ1) is 12.0. The third kappa shape index (κ3) is 3.69. The molecule has 3 aromatic rings. The average Bonchev–Trinajstić information content (AvgIpc) is 3.15. The molecule has 0 saturated carbocycles. The summed E-state index contributed by atoms with van der Waals surface area (Å²) in [4.78, 5) is 26.8. The van der Waals surface area contributed by atoms with Crippen molar-refractivity contribution < 1.29 is 14.1 Å². The van der Waals surface area contributed by atoms with Crippen LogP contribution in [0.15, 0.2) is 61.2 Å². The molecule has 1 N–H and O–H groups in total. The number of carbonyl (C=O) groups excluding carboxylic acids is 1. The minimum absolute atomic E-state index is 0.165. The van der Waals surface area contributed by atoms with E-state index in [2.05, 4.69) is 10.3 Å². The second-order valence-electron chi connectivity index (χ2n) is 5.24. The summed E-state index contributed by atoms with van der Waals surface area (Å²) in [5, 5.41) is 14.0. The number of halogens is 1. The molecule has 3 rings (SSSR count). The van der Waals surface area contributed by atoms with Crippen LogP contribution in [-0.2, 0) is 6.54 Å². The molecule has 126 valence electrons. The van der Waals surface area contributed by atoms with E-state index in [1.54, 1.807) is 18.3 Å². The number of hydrogen-bond donors (Lipinski definition) is 1. The molecule has 8 heteroatoms. The van der Waals surface area contributed by atoms with E-state index in [4.69, 9.17) is 0 Å². The summed E-state index contributed by atoms with van der Waals surface area (Å²) in [6.45, 7) is 0.191. The van der Waals surface area contributed by atoms with Crippen molar-refractivity contribution in [2.24, 2.45) is 0 Å². The van der Waals surface area contributed by atoms with E-state index in [9.17, 15) is 19.3 Å². The zero-order valence-electron chi connectivity index (χ0n) is 12.9. The number of imidazole rings is 1. The maximum atomic E-state index is 12.9. The Morgan fingerprint density at radius 1 is 1.24 bits per heavy atom. The highest BCUT2D eigenvalue weighted by molar-refractivity contribution is 5.95. The molecule has 0 atom stereocenters. The Hall–Kier alpha value is -3.55. The zero-order chi connectivity index (χ0) is 17.8. The molecular weight excluding hydrogens is 327 g/mol. The molecule has 0 aliphatic heterocycles. The van der Waals surface area contributed by atoms with Gasteiger partial charge in [-0.1, -0.05) is 12.1 Å². The number of nitro benzene ring substituents is 1. The molecule has 0 saturated heterocycles. The van der Waals surface area contributed by atoms with Gasteiger partial charge in [-0.25, -0.2) is 9.37 Å². The smallest absolute Gasteiger partial charge is 0.294 e. The summed E-state index contributed by atoms with van der Waals surface area (Å²) in [6.07, 6.45) is 4.53.